The molecule has 0 saturated carbocycles. The van der Waals surface area contributed by atoms with Crippen molar-refractivity contribution in [2.24, 2.45) is 0 Å². The largest absolute Gasteiger partial charge is 0.373 e. The Morgan fingerprint density at radius 2 is 2.17 bits per heavy atom. The van der Waals surface area contributed by atoms with Crippen LogP contribution in [-0.4, -0.2) is 24.7 Å². The van der Waals surface area contributed by atoms with Crippen LogP contribution >= 0.6 is 0 Å². The van der Waals surface area contributed by atoms with E-state index in [2.05, 4.69) is 28.5 Å². The molecule has 0 aliphatic carbocycles. The van der Waals surface area contributed by atoms with Crippen LogP contribution in [0.4, 0.5) is 0 Å². The maximum absolute atomic E-state index is 5.92. The molecule has 1 fully saturated rings. The molecular formula is C15H18N2O. The van der Waals surface area contributed by atoms with Crippen LogP contribution in [0.1, 0.15) is 24.5 Å². The molecule has 2 unspecified atom stereocenters. The van der Waals surface area contributed by atoms with Gasteiger partial charge in [0.2, 0.25) is 0 Å². The minimum atomic E-state index is 0.162. The topological polar surface area (TPSA) is 34.1 Å². The van der Waals surface area contributed by atoms with Crippen LogP contribution in [0.3, 0.4) is 0 Å². The molecule has 0 radical (unpaired) electrons. The lowest BCUT2D eigenvalue weighted by molar-refractivity contribution is 0.00223. The molecular weight excluding hydrogens is 224 g/mol. The molecule has 2 heterocycles. The Balaban J connectivity index is 1.98. The molecule has 1 N–H and O–H groups in total. The first-order valence-corrected chi connectivity index (χ1v) is 6.50. The van der Waals surface area contributed by atoms with E-state index < -0.39 is 0 Å². The first-order chi connectivity index (χ1) is 8.88. The van der Waals surface area contributed by atoms with Crippen molar-refractivity contribution < 1.29 is 4.74 Å². The Bertz CT molecular complexity index is 536. The quantitative estimate of drug-likeness (QED) is 0.879. The fourth-order valence-electron chi connectivity index (χ4n) is 2.67. The summed E-state index contributed by atoms with van der Waals surface area (Å²) in [7, 11) is 2.02. The highest BCUT2D eigenvalue weighted by atomic mass is 16.5. The minimum Gasteiger partial charge on any atom is -0.373 e. The average molecular weight is 242 g/mol. The Kier molecular flexibility index (Phi) is 3.26. The van der Waals surface area contributed by atoms with E-state index in [4.69, 9.17) is 4.74 Å². The Morgan fingerprint density at radius 1 is 1.28 bits per heavy atom. The standard InChI is InChI=1S/C15H18N2O/c1-16-12-6-7-18-15(8-12)14-10-17-9-11-4-2-3-5-13(11)14/h2-5,9-10,12,15-16H,6-8H2,1H3. The molecule has 0 amide bonds. The van der Waals surface area contributed by atoms with Gasteiger partial charge in [0.25, 0.3) is 0 Å². The van der Waals surface area contributed by atoms with Crippen molar-refractivity contribution in [2.75, 3.05) is 13.7 Å². The number of benzene rings is 1. The number of aromatic nitrogens is 1. The number of hydrogen-bond acceptors (Lipinski definition) is 3. The van der Waals surface area contributed by atoms with Gasteiger partial charge < -0.3 is 10.1 Å². The molecule has 1 saturated heterocycles. The Hall–Kier alpha value is -1.45. The van der Waals surface area contributed by atoms with Crippen LogP contribution in [-0.2, 0) is 4.74 Å². The Labute approximate surface area is 107 Å². The number of nitrogens with one attached hydrogen (secondary N) is 1. The lowest BCUT2D eigenvalue weighted by Crippen LogP contribution is -2.33. The summed E-state index contributed by atoms with van der Waals surface area (Å²) in [5.74, 6) is 0. The molecule has 1 aliphatic heterocycles. The molecule has 3 rings (SSSR count). The number of fused-ring (bicyclic) bond motifs is 1. The highest BCUT2D eigenvalue weighted by molar-refractivity contribution is 5.84. The van der Waals surface area contributed by atoms with Crippen LogP contribution in [0.15, 0.2) is 36.7 Å². The van der Waals surface area contributed by atoms with Gasteiger partial charge in [-0.1, -0.05) is 24.3 Å². The average Bonchev–Trinajstić information content (AvgIpc) is 2.47. The van der Waals surface area contributed by atoms with Crippen molar-refractivity contribution in [1.82, 2.24) is 10.3 Å². The molecule has 0 bridgehead atoms. The van der Waals surface area contributed by atoms with Crippen LogP contribution in [0.2, 0.25) is 0 Å². The third kappa shape index (κ3) is 2.11. The summed E-state index contributed by atoms with van der Waals surface area (Å²) < 4.78 is 5.92. The monoisotopic (exact) mass is 242 g/mol. The van der Waals surface area contributed by atoms with E-state index in [1.165, 1.54) is 16.3 Å². The van der Waals surface area contributed by atoms with Gasteiger partial charge in [-0.05, 0) is 25.3 Å². The number of pyridine rings is 1. The zero-order valence-corrected chi connectivity index (χ0v) is 10.6. The molecule has 3 heteroatoms. The third-order valence-corrected chi connectivity index (χ3v) is 3.74. The molecule has 3 nitrogen and oxygen atoms in total. The van der Waals surface area contributed by atoms with Crippen LogP contribution in [0.5, 0.6) is 0 Å². The highest BCUT2D eigenvalue weighted by Crippen LogP contribution is 2.32. The minimum absolute atomic E-state index is 0.162. The second-order valence-corrected chi connectivity index (χ2v) is 4.82. The second kappa shape index (κ2) is 5.04. The number of ether oxygens (including phenoxy) is 1. The van der Waals surface area contributed by atoms with Gasteiger partial charge in [0, 0.05) is 36.0 Å². The predicted molar refractivity (Wildman–Crippen MR) is 72.5 cm³/mol. The van der Waals surface area contributed by atoms with E-state index in [9.17, 15) is 0 Å². The Morgan fingerprint density at radius 3 is 3.06 bits per heavy atom. The van der Waals surface area contributed by atoms with Crippen LogP contribution in [0, 0.1) is 0 Å². The molecule has 2 atom stereocenters. The molecule has 0 spiro atoms. The van der Waals surface area contributed by atoms with Crippen molar-refractivity contribution in [3.8, 4) is 0 Å². The van der Waals surface area contributed by atoms with Gasteiger partial charge in [0.15, 0.2) is 0 Å². The summed E-state index contributed by atoms with van der Waals surface area (Å²) in [6.45, 7) is 0.819. The van der Waals surface area contributed by atoms with Gasteiger partial charge in [0.1, 0.15) is 0 Å². The van der Waals surface area contributed by atoms with Crippen molar-refractivity contribution in [3.63, 3.8) is 0 Å². The molecule has 94 valence electrons. The molecule has 18 heavy (non-hydrogen) atoms. The van der Waals surface area contributed by atoms with E-state index in [0.717, 1.165) is 19.4 Å². The van der Waals surface area contributed by atoms with Gasteiger partial charge in [-0.25, -0.2) is 0 Å². The van der Waals surface area contributed by atoms with Crippen molar-refractivity contribution in [1.29, 1.82) is 0 Å². The van der Waals surface area contributed by atoms with Crippen LogP contribution in [0.25, 0.3) is 10.8 Å². The van der Waals surface area contributed by atoms with Gasteiger partial charge >= 0.3 is 0 Å². The third-order valence-electron chi connectivity index (χ3n) is 3.74. The molecule has 1 aliphatic rings. The zero-order valence-electron chi connectivity index (χ0n) is 10.6. The number of nitrogens with zero attached hydrogens (tertiary/aromatic N) is 1. The highest BCUT2D eigenvalue weighted by Gasteiger charge is 2.24. The zero-order chi connectivity index (χ0) is 12.4. The molecule has 1 aromatic carbocycles. The van der Waals surface area contributed by atoms with E-state index >= 15 is 0 Å². The summed E-state index contributed by atoms with van der Waals surface area (Å²) in [4.78, 5) is 4.34. The van der Waals surface area contributed by atoms with Crippen molar-refractivity contribution >= 4 is 10.8 Å². The van der Waals surface area contributed by atoms with Gasteiger partial charge in [-0.3, -0.25) is 4.98 Å². The normalized spacial score (nSPS) is 24.3. The lowest BCUT2D eigenvalue weighted by Gasteiger charge is -2.30. The second-order valence-electron chi connectivity index (χ2n) is 4.82. The summed E-state index contributed by atoms with van der Waals surface area (Å²) in [6.07, 6.45) is 6.13. The maximum Gasteiger partial charge on any atom is 0.0860 e. The number of hydrogen-bond donors (Lipinski definition) is 1. The first-order valence-electron chi connectivity index (χ1n) is 6.50. The van der Waals surface area contributed by atoms with Gasteiger partial charge in [-0.2, -0.15) is 0 Å². The van der Waals surface area contributed by atoms with Crippen molar-refractivity contribution in [2.45, 2.75) is 25.0 Å². The SMILES string of the molecule is CNC1CCOC(c2cncc3ccccc23)C1. The van der Waals surface area contributed by atoms with E-state index in [1.54, 1.807) is 0 Å². The van der Waals surface area contributed by atoms with Gasteiger partial charge in [0.05, 0.1) is 6.10 Å². The lowest BCUT2D eigenvalue weighted by atomic mass is 9.95. The van der Waals surface area contributed by atoms with Crippen LogP contribution < -0.4 is 5.32 Å². The van der Waals surface area contributed by atoms with Gasteiger partial charge in [-0.15, -0.1) is 0 Å². The summed E-state index contributed by atoms with van der Waals surface area (Å²) in [6, 6.07) is 8.92. The summed E-state index contributed by atoms with van der Waals surface area (Å²) in [5.41, 5.74) is 1.22. The summed E-state index contributed by atoms with van der Waals surface area (Å²) in [5, 5.41) is 5.80. The molecule has 1 aromatic heterocycles. The predicted octanol–water partition coefficient (Wildman–Crippen LogP) is 2.67. The van der Waals surface area contributed by atoms with E-state index in [-0.39, 0.29) is 6.10 Å². The van der Waals surface area contributed by atoms with E-state index in [0.29, 0.717) is 6.04 Å². The molecule has 2 aromatic rings. The fourth-order valence-corrected chi connectivity index (χ4v) is 2.67. The smallest absolute Gasteiger partial charge is 0.0860 e. The fraction of sp³-hybridized carbons (Fsp3) is 0.400. The maximum atomic E-state index is 5.92. The van der Waals surface area contributed by atoms with E-state index in [1.807, 2.05) is 25.5 Å². The summed E-state index contributed by atoms with van der Waals surface area (Å²) >= 11 is 0. The number of rotatable bonds is 2. The first kappa shape index (κ1) is 11.6. The van der Waals surface area contributed by atoms with Crippen molar-refractivity contribution in [3.05, 3.63) is 42.2 Å².